The quantitative estimate of drug-likeness (QED) is 0.297. The average Bonchev–Trinajstić information content (AvgIpc) is 3.51. The number of carbonyl (C=O) groups is 1. The third kappa shape index (κ3) is 3.17. The van der Waals surface area contributed by atoms with Gasteiger partial charge in [-0.05, 0) is 24.6 Å². The maximum absolute atomic E-state index is 13.0. The Morgan fingerprint density at radius 2 is 2.03 bits per heavy atom. The normalized spacial score (nSPS) is 17.7. The minimum Gasteiger partial charge on any atom is -0.458 e. The molecular weight excluding hydrogens is 462 g/mol. The number of rotatable bonds is 1. The molecule has 4 N–H and O–H groups in total. The third-order valence-corrected chi connectivity index (χ3v) is 6.67. The zero-order valence-corrected chi connectivity index (χ0v) is 19.2. The van der Waals surface area contributed by atoms with E-state index in [0.717, 1.165) is 22.2 Å². The molecule has 1 aromatic carbocycles. The van der Waals surface area contributed by atoms with Crippen molar-refractivity contribution in [2.45, 2.75) is 32.1 Å². The van der Waals surface area contributed by atoms with Crippen molar-refractivity contribution in [3.8, 4) is 11.4 Å². The molecule has 1 atom stereocenters. The first-order valence-electron chi connectivity index (χ1n) is 11.4. The van der Waals surface area contributed by atoms with E-state index in [0.29, 0.717) is 40.3 Å². The number of nitrogens with zero attached hydrogens (tertiary/aromatic N) is 5. The monoisotopic (exact) mass is 483 g/mol. The summed E-state index contributed by atoms with van der Waals surface area (Å²) in [4.78, 5) is 44.2. The van der Waals surface area contributed by atoms with Gasteiger partial charge in [-0.2, -0.15) is 0 Å². The number of nitrogen functional groups attached to an aromatic ring is 1. The average molecular weight is 483 g/mol. The summed E-state index contributed by atoms with van der Waals surface area (Å²) in [6.45, 7) is 2.01. The van der Waals surface area contributed by atoms with E-state index in [1.807, 2.05) is 30.3 Å². The van der Waals surface area contributed by atoms with Gasteiger partial charge in [-0.15, -0.1) is 0 Å². The number of carbonyl (C=O) groups excluding carboxylic acids is 1. The molecule has 7 rings (SSSR count). The molecule has 0 saturated heterocycles. The van der Waals surface area contributed by atoms with Crippen LogP contribution >= 0.6 is 0 Å². The van der Waals surface area contributed by atoms with Crippen LogP contribution in [0.4, 0.5) is 5.82 Å². The van der Waals surface area contributed by atoms with E-state index >= 15 is 0 Å². The number of hydrogen-bond donors (Lipinski definition) is 3. The summed E-state index contributed by atoms with van der Waals surface area (Å²) >= 11 is 0. The molecule has 11 heteroatoms. The largest absolute Gasteiger partial charge is 0.458 e. The number of nitrogens with one attached hydrogen (secondary N) is 1. The van der Waals surface area contributed by atoms with Gasteiger partial charge in [-0.25, -0.2) is 24.7 Å². The molecule has 36 heavy (non-hydrogen) atoms. The van der Waals surface area contributed by atoms with Gasteiger partial charge in [-0.3, -0.25) is 4.79 Å². The molecule has 0 fully saturated rings. The van der Waals surface area contributed by atoms with E-state index in [1.165, 1.54) is 12.7 Å². The van der Waals surface area contributed by atoms with Crippen LogP contribution in [0.1, 0.15) is 30.0 Å². The first kappa shape index (κ1) is 21.9. The number of fused-ring (bicyclic) bond motifs is 6. The number of para-hydroxylation sites is 1. The van der Waals surface area contributed by atoms with Gasteiger partial charge in [0.15, 0.2) is 17.1 Å². The van der Waals surface area contributed by atoms with Gasteiger partial charge >= 0.3 is 5.97 Å². The second-order valence-corrected chi connectivity index (χ2v) is 8.65. The highest BCUT2D eigenvalue weighted by molar-refractivity contribution is 5.86. The second kappa shape index (κ2) is 7.95. The van der Waals surface area contributed by atoms with Gasteiger partial charge in [0.25, 0.3) is 5.56 Å². The molecule has 0 saturated carbocycles. The number of nitrogens with two attached hydrogens (primary N) is 1. The molecule has 2 aliphatic rings. The fourth-order valence-corrected chi connectivity index (χ4v) is 4.71. The standard InChI is InChI=1S/C20H16N2O4.C5H5N5/c1-2-20(25)14-8-16-17-12(7-11-5-3-4-6-15(11)21-17)9-22(16)18(23)13(14)10-26-19(20)24;6-4-3-5(9-1-7-3)10-2-8-4/h3-8,25H,2,9-10H2,1H3;1-2H,(H3,6,7,8,9,10). The lowest BCUT2D eigenvalue weighted by Gasteiger charge is -2.31. The van der Waals surface area contributed by atoms with Crippen LogP contribution in [0.25, 0.3) is 33.5 Å². The fraction of sp³-hybridized carbons (Fsp3) is 0.200. The van der Waals surface area contributed by atoms with Crippen LogP contribution in [0.15, 0.2) is 53.8 Å². The van der Waals surface area contributed by atoms with Crippen LogP contribution in [-0.2, 0) is 28.3 Å². The van der Waals surface area contributed by atoms with E-state index in [-0.39, 0.29) is 18.6 Å². The van der Waals surface area contributed by atoms with Crippen molar-refractivity contribution >= 4 is 33.9 Å². The third-order valence-electron chi connectivity index (χ3n) is 6.67. The van der Waals surface area contributed by atoms with Crippen molar-refractivity contribution < 1.29 is 14.6 Å². The number of H-pyrrole nitrogens is 1. The summed E-state index contributed by atoms with van der Waals surface area (Å²) in [5.41, 5.74) is 8.59. The first-order chi connectivity index (χ1) is 17.4. The Bertz CT molecular complexity index is 1740. The summed E-state index contributed by atoms with van der Waals surface area (Å²) in [7, 11) is 0. The molecule has 2 aliphatic heterocycles. The number of hydrogen-bond acceptors (Lipinski definition) is 9. The van der Waals surface area contributed by atoms with Crippen molar-refractivity contribution in [3.05, 3.63) is 76.1 Å². The van der Waals surface area contributed by atoms with Crippen LogP contribution in [0.3, 0.4) is 0 Å². The SMILES string of the molecule is CCC1(O)C(=O)OCc2c1cc1n(c2=O)Cc2cc3ccccc3nc2-1.Nc1ncnc2nc[nH]c12. The van der Waals surface area contributed by atoms with Crippen LogP contribution in [-0.4, -0.2) is 40.6 Å². The van der Waals surface area contributed by atoms with Crippen LogP contribution < -0.4 is 11.3 Å². The second-order valence-electron chi connectivity index (χ2n) is 8.65. The van der Waals surface area contributed by atoms with Gasteiger partial charge in [0.1, 0.15) is 18.5 Å². The Balaban J connectivity index is 0.000000200. The Morgan fingerprint density at radius 3 is 2.83 bits per heavy atom. The number of pyridine rings is 2. The highest BCUT2D eigenvalue weighted by atomic mass is 16.6. The van der Waals surface area contributed by atoms with E-state index in [2.05, 4.69) is 19.9 Å². The number of esters is 1. The highest BCUT2D eigenvalue weighted by Crippen LogP contribution is 2.38. The molecule has 0 radical (unpaired) electrons. The van der Waals surface area contributed by atoms with Crippen molar-refractivity contribution in [3.63, 3.8) is 0 Å². The van der Waals surface area contributed by atoms with E-state index in [1.54, 1.807) is 17.6 Å². The number of benzene rings is 1. The summed E-state index contributed by atoms with van der Waals surface area (Å²) in [6, 6.07) is 11.6. The minimum absolute atomic E-state index is 0.110. The molecule has 6 heterocycles. The predicted molar refractivity (Wildman–Crippen MR) is 131 cm³/mol. The number of aromatic amines is 1. The molecule has 0 amide bonds. The van der Waals surface area contributed by atoms with Gasteiger partial charge < -0.3 is 25.1 Å². The van der Waals surface area contributed by atoms with Gasteiger partial charge in [-0.1, -0.05) is 25.1 Å². The zero-order chi connectivity index (χ0) is 25.0. The number of ether oxygens (including phenoxy) is 1. The molecule has 11 nitrogen and oxygen atoms in total. The summed E-state index contributed by atoms with van der Waals surface area (Å²) in [6.07, 6.45) is 3.06. The Kier molecular flexibility index (Phi) is 4.83. The van der Waals surface area contributed by atoms with E-state index in [9.17, 15) is 14.7 Å². The lowest BCUT2D eigenvalue weighted by molar-refractivity contribution is -0.172. The van der Waals surface area contributed by atoms with Crippen molar-refractivity contribution in [2.75, 3.05) is 5.73 Å². The number of imidazole rings is 1. The van der Waals surface area contributed by atoms with Gasteiger partial charge in [0.05, 0.1) is 35.3 Å². The van der Waals surface area contributed by atoms with Crippen LogP contribution in [0, 0.1) is 0 Å². The number of aromatic nitrogens is 6. The summed E-state index contributed by atoms with van der Waals surface area (Å²) < 4.78 is 6.72. The summed E-state index contributed by atoms with van der Waals surface area (Å²) in [5, 5.41) is 11.8. The molecule has 5 aromatic rings. The topological polar surface area (TPSA) is 162 Å². The molecule has 180 valence electrons. The molecule has 0 aliphatic carbocycles. The van der Waals surface area contributed by atoms with Crippen LogP contribution in [0.2, 0.25) is 0 Å². The lowest BCUT2D eigenvalue weighted by atomic mass is 9.86. The van der Waals surface area contributed by atoms with E-state index < -0.39 is 11.6 Å². The molecule has 1 unspecified atom stereocenters. The van der Waals surface area contributed by atoms with E-state index in [4.69, 9.17) is 15.5 Å². The van der Waals surface area contributed by atoms with Crippen LogP contribution in [0.5, 0.6) is 0 Å². The van der Waals surface area contributed by atoms with Crippen molar-refractivity contribution in [1.29, 1.82) is 0 Å². The molecule has 4 aromatic heterocycles. The predicted octanol–water partition coefficient (Wildman–Crippen LogP) is 2.01. The maximum atomic E-state index is 13.0. The van der Waals surface area contributed by atoms with Crippen molar-refractivity contribution in [2.24, 2.45) is 0 Å². The molecule has 0 bridgehead atoms. The smallest absolute Gasteiger partial charge is 0.343 e. The minimum atomic E-state index is -1.79. The molecule has 0 spiro atoms. The number of anilines is 1. The zero-order valence-electron chi connectivity index (χ0n) is 19.2. The van der Waals surface area contributed by atoms with Gasteiger partial charge in [0, 0.05) is 16.5 Å². The first-order valence-corrected chi connectivity index (χ1v) is 11.4. The lowest BCUT2D eigenvalue weighted by Crippen LogP contribution is -2.44. The van der Waals surface area contributed by atoms with Gasteiger partial charge in [0.2, 0.25) is 0 Å². The highest BCUT2D eigenvalue weighted by Gasteiger charge is 2.45. The molecular formula is C25H21N7O4. The number of cyclic esters (lactones) is 1. The number of aliphatic hydroxyl groups is 1. The summed E-state index contributed by atoms with van der Waals surface area (Å²) in [5.74, 6) is -0.274. The fourth-order valence-electron chi connectivity index (χ4n) is 4.71. The Hall–Kier alpha value is -4.64. The Morgan fingerprint density at radius 1 is 1.19 bits per heavy atom. The maximum Gasteiger partial charge on any atom is 0.343 e. The Labute approximate surface area is 203 Å². The van der Waals surface area contributed by atoms with Crippen molar-refractivity contribution in [1.82, 2.24) is 29.5 Å².